The van der Waals surface area contributed by atoms with E-state index in [0.29, 0.717) is 48.0 Å². The molecule has 1 aromatic carbocycles. The van der Waals surface area contributed by atoms with Gasteiger partial charge in [0.1, 0.15) is 5.75 Å². The molecule has 0 spiro atoms. The topological polar surface area (TPSA) is 119 Å². The highest BCUT2D eigenvalue weighted by Gasteiger charge is 2.34. The summed E-state index contributed by atoms with van der Waals surface area (Å²) < 4.78 is 27.8. The van der Waals surface area contributed by atoms with Crippen molar-refractivity contribution in [2.45, 2.75) is 31.7 Å². The van der Waals surface area contributed by atoms with Crippen LogP contribution in [0.15, 0.2) is 42.9 Å². The molecule has 0 saturated carbocycles. The number of pyridine rings is 1. The van der Waals surface area contributed by atoms with E-state index in [-0.39, 0.29) is 17.6 Å². The molecule has 4 aromatic rings. The number of nitrogens with zero attached hydrogens (tertiary/aromatic N) is 4. The van der Waals surface area contributed by atoms with Gasteiger partial charge < -0.3 is 25.1 Å². The minimum Gasteiger partial charge on any atom is -0.492 e. The molecule has 3 aromatic heterocycles. The van der Waals surface area contributed by atoms with E-state index in [1.54, 1.807) is 24.5 Å². The molecule has 6 rings (SSSR count). The first-order chi connectivity index (χ1) is 18.1. The molecule has 0 aliphatic carbocycles. The van der Waals surface area contributed by atoms with Crippen LogP contribution in [0.5, 0.6) is 11.5 Å². The van der Waals surface area contributed by atoms with Gasteiger partial charge in [-0.2, -0.15) is 0 Å². The van der Waals surface area contributed by atoms with Gasteiger partial charge in [0.2, 0.25) is 0 Å². The Morgan fingerprint density at radius 3 is 3.08 bits per heavy atom. The minimum absolute atomic E-state index is 0.0566. The van der Waals surface area contributed by atoms with Crippen molar-refractivity contribution in [1.29, 1.82) is 0 Å². The number of hydrogen-bond donors (Lipinski definition) is 3. The fraction of sp³-hybridized carbons (Fsp3) is 0.308. The highest BCUT2D eigenvalue weighted by Crippen LogP contribution is 2.44. The number of amides is 1. The fourth-order valence-corrected chi connectivity index (χ4v) is 4.97. The second-order valence-corrected chi connectivity index (χ2v) is 9.12. The first-order valence-corrected chi connectivity index (χ1v) is 12.2. The summed E-state index contributed by atoms with van der Waals surface area (Å²) in [5, 5.41) is 14.9. The second-order valence-electron chi connectivity index (χ2n) is 9.12. The summed E-state index contributed by atoms with van der Waals surface area (Å²) in [4.78, 5) is 21.0. The van der Waals surface area contributed by atoms with E-state index in [9.17, 15) is 9.18 Å². The van der Waals surface area contributed by atoms with Gasteiger partial charge in [0.15, 0.2) is 11.6 Å². The van der Waals surface area contributed by atoms with Crippen molar-refractivity contribution in [3.05, 3.63) is 65.6 Å². The molecule has 1 atom stereocenters. The standard InChI is InChI=1S/C26H26FN7O3/c1-36-25-18(27)5-4-6-19(25)30-24-21-22-15(12-29-26(21)35)11-16-14-34(33-32-16)9-2-3-10-37-20-13-28-8-7-17(20)23(24)31-22/h4-8,13-15,30-31H,2-3,9-12H2,1H3,(H,29,35). The molecule has 3 N–H and O–H groups in total. The number of aryl methyl sites for hydroxylation is 1. The van der Waals surface area contributed by atoms with Gasteiger partial charge in [-0.05, 0) is 31.0 Å². The third-order valence-electron chi connectivity index (χ3n) is 6.74. The molecule has 1 amide bonds. The lowest BCUT2D eigenvalue weighted by atomic mass is 9.92. The molecular weight excluding hydrogens is 477 g/mol. The van der Waals surface area contributed by atoms with Crippen LogP contribution in [-0.2, 0) is 13.0 Å². The van der Waals surface area contributed by atoms with Crippen molar-refractivity contribution in [3.8, 4) is 22.8 Å². The number of para-hydroxylation sites is 1. The average Bonchev–Trinajstić information content (AvgIpc) is 3.50. The molecule has 0 fully saturated rings. The van der Waals surface area contributed by atoms with Crippen LogP contribution in [0.25, 0.3) is 11.3 Å². The number of hydrogen-bond acceptors (Lipinski definition) is 7. The van der Waals surface area contributed by atoms with Gasteiger partial charge in [-0.3, -0.25) is 14.5 Å². The van der Waals surface area contributed by atoms with Crippen LogP contribution in [0.4, 0.5) is 15.8 Å². The van der Waals surface area contributed by atoms with E-state index in [1.165, 1.54) is 13.2 Å². The number of carbonyl (C=O) groups is 1. The van der Waals surface area contributed by atoms with Gasteiger partial charge in [-0.1, -0.05) is 11.3 Å². The Bertz CT molecular complexity index is 1460. The Morgan fingerprint density at radius 2 is 2.19 bits per heavy atom. The highest BCUT2D eigenvalue weighted by atomic mass is 19.1. The average molecular weight is 504 g/mol. The molecule has 0 radical (unpaired) electrons. The number of aromatic nitrogens is 5. The Hall–Kier alpha value is -4.41. The summed E-state index contributed by atoms with van der Waals surface area (Å²) in [6.45, 7) is 1.68. The molecule has 5 heterocycles. The van der Waals surface area contributed by atoms with Gasteiger partial charge >= 0.3 is 0 Å². The quantitative estimate of drug-likeness (QED) is 0.389. The monoisotopic (exact) mass is 503 g/mol. The van der Waals surface area contributed by atoms with Gasteiger partial charge in [0, 0.05) is 49.1 Å². The second kappa shape index (κ2) is 9.57. The number of ether oxygens (including phenoxy) is 2. The zero-order chi connectivity index (χ0) is 25.4. The van der Waals surface area contributed by atoms with Crippen molar-refractivity contribution >= 4 is 17.3 Å². The number of anilines is 2. The summed E-state index contributed by atoms with van der Waals surface area (Å²) in [6, 6.07) is 6.46. The molecule has 0 saturated heterocycles. The fourth-order valence-electron chi connectivity index (χ4n) is 4.97. The van der Waals surface area contributed by atoms with E-state index < -0.39 is 5.82 Å². The Morgan fingerprint density at radius 1 is 1.27 bits per heavy atom. The van der Waals surface area contributed by atoms with Gasteiger partial charge in [0.05, 0.1) is 48.2 Å². The van der Waals surface area contributed by atoms with E-state index in [0.717, 1.165) is 36.3 Å². The number of halogens is 1. The molecular formula is C26H26FN7O3. The molecule has 2 aliphatic heterocycles. The smallest absolute Gasteiger partial charge is 0.255 e. The summed E-state index contributed by atoms with van der Waals surface area (Å²) >= 11 is 0. The Balaban J connectivity index is 1.54. The SMILES string of the molecule is COc1c(F)cccc1Nc1c2[nH]c3c1C(=O)NCC3Cc1cn(nn1)CCCCOc1cnccc1-2. The molecule has 2 aliphatic rings. The lowest BCUT2D eigenvalue weighted by molar-refractivity contribution is 0.0940. The van der Waals surface area contributed by atoms with E-state index in [2.05, 4.69) is 30.9 Å². The lowest BCUT2D eigenvalue weighted by Crippen LogP contribution is -2.35. The van der Waals surface area contributed by atoms with Crippen molar-refractivity contribution in [3.63, 3.8) is 0 Å². The van der Waals surface area contributed by atoms with Crippen LogP contribution < -0.4 is 20.1 Å². The normalized spacial score (nSPS) is 17.0. The van der Waals surface area contributed by atoms with Gasteiger partial charge in [-0.25, -0.2) is 4.39 Å². The van der Waals surface area contributed by atoms with Crippen LogP contribution in [-0.4, -0.2) is 51.1 Å². The van der Waals surface area contributed by atoms with Crippen LogP contribution in [0.2, 0.25) is 0 Å². The number of aromatic amines is 1. The Kier molecular flexibility index (Phi) is 5.95. The van der Waals surface area contributed by atoms with Gasteiger partial charge in [0.25, 0.3) is 5.91 Å². The number of H-pyrrole nitrogens is 1. The van der Waals surface area contributed by atoms with E-state index in [4.69, 9.17) is 9.47 Å². The number of fused-ring (bicyclic) bond motifs is 5. The zero-order valence-electron chi connectivity index (χ0n) is 20.3. The van der Waals surface area contributed by atoms with Crippen LogP contribution >= 0.6 is 0 Å². The predicted octanol–water partition coefficient (Wildman–Crippen LogP) is 3.80. The molecule has 10 nitrogen and oxygen atoms in total. The summed E-state index contributed by atoms with van der Waals surface area (Å²) in [5.74, 6) is -0.164. The summed E-state index contributed by atoms with van der Waals surface area (Å²) in [5.41, 5.74) is 4.37. The first-order valence-electron chi connectivity index (χ1n) is 12.2. The number of rotatable bonds is 3. The minimum atomic E-state index is -0.508. The maximum Gasteiger partial charge on any atom is 0.255 e. The number of benzene rings is 1. The molecule has 37 heavy (non-hydrogen) atoms. The van der Waals surface area contributed by atoms with Crippen LogP contribution in [0.1, 0.15) is 40.5 Å². The van der Waals surface area contributed by atoms with Crippen LogP contribution in [0.3, 0.4) is 0 Å². The number of methoxy groups -OCH3 is 1. The molecule has 1 unspecified atom stereocenters. The van der Waals surface area contributed by atoms with Gasteiger partial charge in [-0.15, -0.1) is 5.10 Å². The zero-order valence-corrected chi connectivity index (χ0v) is 20.3. The van der Waals surface area contributed by atoms with Crippen molar-refractivity contribution in [1.82, 2.24) is 30.3 Å². The lowest BCUT2D eigenvalue weighted by Gasteiger charge is -2.23. The number of carbonyl (C=O) groups excluding carboxylic acids is 1. The third-order valence-corrected chi connectivity index (χ3v) is 6.74. The van der Waals surface area contributed by atoms with Crippen LogP contribution in [0, 0.1) is 5.82 Å². The van der Waals surface area contributed by atoms with E-state index >= 15 is 0 Å². The molecule has 11 heteroatoms. The number of nitrogens with one attached hydrogen (secondary N) is 3. The first kappa shape index (κ1) is 23.0. The Labute approximate surface area is 212 Å². The van der Waals surface area contributed by atoms with E-state index in [1.807, 2.05) is 16.9 Å². The van der Waals surface area contributed by atoms with Crippen molar-refractivity contribution in [2.75, 3.05) is 25.6 Å². The summed E-state index contributed by atoms with van der Waals surface area (Å²) in [7, 11) is 1.41. The molecule has 190 valence electrons. The maximum atomic E-state index is 14.5. The summed E-state index contributed by atoms with van der Waals surface area (Å²) in [6.07, 6.45) is 7.60. The molecule has 4 bridgehead atoms. The maximum absolute atomic E-state index is 14.5. The van der Waals surface area contributed by atoms with Crippen molar-refractivity contribution in [2.24, 2.45) is 0 Å². The van der Waals surface area contributed by atoms with Crippen molar-refractivity contribution < 1.29 is 18.7 Å². The third kappa shape index (κ3) is 4.26. The highest BCUT2D eigenvalue weighted by molar-refractivity contribution is 6.07. The largest absolute Gasteiger partial charge is 0.492 e. The predicted molar refractivity (Wildman–Crippen MR) is 134 cm³/mol.